The molecule has 0 spiro atoms. The van der Waals surface area contributed by atoms with E-state index in [0.717, 1.165) is 0 Å². The summed E-state index contributed by atoms with van der Waals surface area (Å²) in [6.07, 6.45) is 2.82. The summed E-state index contributed by atoms with van der Waals surface area (Å²) < 4.78 is 35.5. The summed E-state index contributed by atoms with van der Waals surface area (Å²) in [7, 11) is -4.14. The fourth-order valence-corrected chi connectivity index (χ4v) is 2.51. The van der Waals surface area contributed by atoms with Gasteiger partial charge in [-0.15, -0.1) is 0 Å². The van der Waals surface area contributed by atoms with Crippen molar-refractivity contribution in [3.8, 4) is 0 Å². The van der Waals surface area contributed by atoms with Crippen LogP contribution >= 0.6 is 0 Å². The Morgan fingerprint density at radius 3 is 2.50 bits per heavy atom. The molecular formula is C7H18N2O3S2. The summed E-state index contributed by atoms with van der Waals surface area (Å²) in [6.45, 7) is 0.753. The van der Waals surface area contributed by atoms with E-state index >= 15 is 0 Å². The molecule has 1 atom stereocenters. The molecule has 0 fully saturated rings. The quantitative estimate of drug-likeness (QED) is 0.536. The minimum absolute atomic E-state index is 0.0978. The molecule has 0 bridgehead atoms. The van der Waals surface area contributed by atoms with Crippen molar-refractivity contribution < 1.29 is 12.6 Å². The van der Waals surface area contributed by atoms with Crippen LogP contribution in [0.1, 0.15) is 12.8 Å². The van der Waals surface area contributed by atoms with Crippen molar-refractivity contribution in [1.82, 2.24) is 4.72 Å². The largest absolute Gasteiger partial charge is 0.330 e. The van der Waals surface area contributed by atoms with Crippen LogP contribution in [0.4, 0.5) is 0 Å². The maximum absolute atomic E-state index is 11.2. The Kier molecular flexibility index (Phi) is 7.34. The van der Waals surface area contributed by atoms with Gasteiger partial charge in [0, 0.05) is 29.4 Å². The molecule has 0 saturated heterocycles. The van der Waals surface area contributed by atoms with Crippen LogP contribution in [0.25, 0.3) is 0 Å². The summed E-state index contributed by atoms with van der Waals surface area (Å²) in [6, 6.07) is 0. The van der Waals surface area contributed by atoms with E-state index in [0.29, 0.717) is 25.1 Å². The average molecular weight is 242 g/mol. The highest BCUT2D eigenvalue weighted by atomic mass is 32.2. The Balaban J connectivity index is 3.67. The summed E-state index contributed by atoms with van der Waals surface area (Å²) >= 11 is 0. The summed E-state index contributed by atoms with van der Waals surface area (Å²) in [5.74, 6) is 0.455. The smallest absolute Gasteiger partial charge is 0.211 e. The van der Waals surface area contributed by atoms with Gasteiger partial charge in [0.05, 0.1) is 5.75 Å². The Hall–Kier alpha value is 0.0200. The molecule has 86 valence electrons. The molecule has 0 amide bonds. The lowest BCUT2D eigenvalue weighted by Gasteiger charge is -2.04. The van der Waals surface area contributed by atoms with Crippen LogP contribution < -0.4 is 10.5 Å². The van der Waals surface area contributed by atoms with Gasteiger partial charge in [0.15, 0.2) is 0 Å². The lowest BCUT2D eigenvalue weighted by molar-refractivity contribution is 0.580. The van der Waals surface area contributed by atoms with E-state index < -0.39 is 20.8 Å². The lowest BCUT2D eigenvalue weighted by atomic mass is 10.3. The van der Waals surface area contributed by atoms with Crippen molar-refractivity contribution in [2.45, 2.75) is 12.8 Å². The van der Waals surface area contributed by atoms with Gasteiger partial charge in [0.1, 0.15) is 0 Å². The number of hydrogen-bond donors (Lipinski definition) is 2. The number of unbranched alkanes of at least 4 members (excludes halogenated alkanes) is 1. The molecule has 0 aromatic heterocycles. The van der Waals surface area contributed by atoms with E-state index in [1.165, 1.54) is 0 Å². The highest BCUT2D eigenvalue weighted by Crippen LogP contribution is 1.92. The first-order chi connectivity index (χ1) is 6.48. The van der Waals surface area contributed by atoms with Crippen molar-refractivity contribution >= 4 is 20.8 Å². The highest BCUT2D eigenvalue weighted by Gasteiger charge is 2.08. The Labute approximate surface area is 88.0 Å². The molecular weight excluding hydrogens is 224 g/mol. The van der Waals surface area contributed by atoms with E-state index in [9.17, 15) is 12.6 Å². The van der Waals surface area contributed by atoms with Gasteiger partial charge in [0.2, 0.25) is 10.0 Å². The summed E-state index contributed by atoms with van der Waals surface area (Å²) in [4.78, 5) is 0. The molecule has 0 saturated carbocycles. The molecule has 7 heteroatoms. The van der Waals surface area contributed by atoms with E-state index in [2.05, 4.69) is 4.72 Å². The van der Waals surface area contributed by atoms with Crippen molar-refractivity contribution in [1.29, 1.82) is 0 Å². The third-order valence-corrected chi connectivity index (χ3v) is 3.83. The van der Waals surface area contributed by atoms with Gasteiger partial charge in [-0.1, -0.05) is 0 Å². The van der Waals surface area contributed by atoms with Gasteiger partial charge in [-0.3, -0.25) is 4.21 Å². The first-order valence-electron chi connectivity index (χ1n) is 4.45. The molecule has 0 aliphatic carbocycles. The second-order valence-corrected chi connectivity index (χ2v) is 6.47. The zero-order valence-corrected chi connectivity index (χ0v) is 9.99. The molecule has 1 unspecified atom stereocenters. The number of sulfonamides is 1. The fourth-order valence-electron chi connectivity index (χ4n) is 0.849. The van der Waals surface area contributed by atoms with Crippen molar-refractivity contribution in [2.75, 3.05) is 30.9 Å². The molecule has 0 rings (SSSR count). The molecule has 0 aromatic carbocycles. The van der Waals surface area contributed by atoms with Crippen LogP contribution in [0.2, 0.25) is 0 Å². The highest BCUT2D eigenvalue weighted by molar-refractivity contribution is 7.89. The Morgan fingerprint density at radius 1 is 1.36 bits per heavy atom. The zero-order chi connectivity index (χ0) is 11.0. The van der Waals surface area contributed by atoms with Crippen molar-refractivity contribution in [3.63, 3.8) is 0 Å². The molecule has 0 radical (unpaired) electrons. The van der Waals surface area contributed by atoms with E-state index in [1.807, 2.05) is 0 Å². The zero-order valence-electron chi connectivity index (χ0n) is 8.36. The predicted octanol–water partition coefficient (Wildman–Crippen LogP) is -0.977. The minimum Gasteiger partial charge on any atom is -0.330 e. The van der Waals surface area contributed by atoms with Gasteiger partial charge < -0.3 is 5.73 Å². The van der Waals surface area contributed by atoms with Gasteiger partial charge in [-0.25, -0.2) is 13.1 Å². The predicted molar refractivity (Wildman–Crippen MR) is 59.0 cm³/mol. The molecule has 0 heterocycles. The van der Waals surface area contributed by atoms with E-state index in [-0.39, 0.29) is 12.3 Å². The van der Waals surface area contributed by atoms with Crippen molar-refractivity contribution in [3.05, 3.63) is 0 Å². The van der Waals surface area contributed by atoms with Crippen LogP contribution in [-0.4, -0.2) is 43.5 Å². The first kappa shape index (κ1) is 14.0. The number of hydrogen-bond acceptors (Lipinski definition) is 4. The number of nitrogens with two attached hydrogens (primary N) is 1. The molecule has 0 aromatic rings. The van der Waals surface area contributed by atoms with Crippen LogP contribution in [0, 0.1) is 0 Å². The normalized spacial score (nSPS) is 14.1. The van der Waals surface area contributed by atoms with Crippen molar-refractivity contribution in [2.24, 2.45) is 5.73 Å². The average Bonchev–Trinajstić information content (AvgIpc) is 2.03. The number of nitrogens with one attached hydrogen (secondary N) is 1. The maximum atomic E-state index is 11.2. The Morgan fingerprint density at radius 2 is 2.00 bits per heavy atom. The third kappa shape index (κ3) is 8.61. The number of rotatable bonds is 8. The summed E-state index contributed by atoms with van der Waals surface area (Å²) in [5, 5.41) is 0. The Bertz CT molecular complexity index is 264. The van der Waals surface area contributed by atoms with Crippen LogP contribution in [0.5, 0.6) is 0 Å². The maximum Gasteiger partial charge on any atom is 0.211 e. The van der Waals surface area contributed by atoms with E-state index in [4.69, 9.17) is 5.73 Å². The molecule has 0 aliphatic rings. The van der Waals surface area contributed by atoms with E-state index in [1.54, 1.807) is 6.26 Å². The van der Waals surface area contributed by atoms with Crippen LogP contribution in [0.15, 0.2) is 0 Å². The molecule has 5 nitrogen and oxygen atoms in total. The second-order valence-electron chi connectivity index (χ2n) is 2.99. The molecule has 0 aliphatic heterocycles. The topological polar surface area (TPSA) is 89.3 Å². The van der Waals surface area contributed by atoms with Gasteiger partial charge >= 0.3 is 0 Å². The standard InChI is InChI=1S/C7H18N2O3S2/c1-13(10)6-5-9-14(11,12)7-3-2-4-8/h9H,2-8H2,1H3. The minimum atomic E-state index is -3.19. The van der Waals surface area contributed by atoms with Crippen LogP contribution in [0.3, 0.4) is 0 Å². The second kappa shape index (κ2) is 7.33. The monoisotopic (exact) mass is 242 g/mol. The first-order valence-corrected chi connectivity index (χ1v) is 7.83. The van der Waals surface area contributed by atoms with Gasteiger partial charge in [0.25, 0.3) is 0 Å². The SMILES string of the molecule is CS(=O)CCNS(=O)(=O)CCCCN. The lowest BCUT2D eigenvalue weighted by Crippen LogP contribution is -2.30. The molecule has 3 N–H and O–H groups in total. The summed E-state index contributed by atoms with van der Waals surface area (Å²) in [5.41, 5.74) is 5.24. The van der Waals surface area contributed by atoms with Gasteiger partial charge in [-0.2, -0.15) is 0 Å². The fraction of sp³-hybridized carbons (Fsp3) is 1.00. The van der Waals surface area contributed by atoms with Gasteiger partial charge in [-0.05, 0) is 19.4 Å². The third-order valence-electron chi connectivity index (χ3n) is 1.58. The van der Waals surface area contributed by atoms with Crippen LogP contribution in [-0.2, 0) is 20.8 Å². The molecule has 14 heavy (non-hydrogen) atoms.